The highest BCUT2D eigenvalue weighted by Crippen LogP contribution is 2.15. The lowest BCUT2D eigenvalue weighted by molar-refractivity contribution is -0.116. The molecule has 0 atom stereocenters. The van der Waals surface area contributed by atoms with Crippen molar-refractivity contribution in [3.05, 3.63) is 46.7 Å². The Morgan fingerprint density at radius 2 is 1.92 bits per heavy atom. The Kier molecular flexibility index (Phi) is 5.16. The van der Waals surface area contributed by atoms with Gasteiger partial charge in [-0.2, -0.15) is 15.3 Å². The molecule has 10 nitrogen and oxygen atoms in total. The molecule has 2 amide bonds. The van der Waals surface area contributed by atoms with E-state index in [2.05, 4.69) is 41.9 Å². The van der Waals surface area contributed by atoms with Crippen LogP contribution in [0.25, 0.3) is 0 Å². The zero-order valence-corrected chi connectivity index (χ0v) is 15.8. The molecule has 26 heavy (non-hydrogen) atoms. The number of hydrogen-bond donors (Lipinski definition) is 2. The van der Waals surface area contributed by atoms with Gasteiger partial charge >= 0.3 is 0 Å². The van der Waals surface area contributed by atoms with E-state index >= 15 is 0 Å². The Bertz CT molecular complexity index is 941. The van der Waals surface area contributed by atoms with Crippen LogP contribution in [0.5, 0.6) is 0 Å². The molecular weight excluding hydrogens is 404 g/mol. The monoisotopic (exact) mass is 420 g/mol. The maximum absolute atomic E-state index is 12.5. The van der Waals surface area contributed by atoms with Crippen molar-refractivity contribution in [1.29, 1.82) is 0 Å². The number of rotatable bonds is 6. The SMILES string of the molecule is Cn1cc(CNC(=O)c2c(NC(=O)Cn3cc(Br)cn3)cnn2C)cn1. The molecule has 11 heteroatoms. The minimum absolute atomic E-state index is 0.0250. The van der Waals surface area contributed by atoms with Crippen molar-refractivity contribution in [1.82, 2.24) is 34.7 Å². The van der Waals surface area contributed by atoms with Gasteiger partial charge in [-0.05, 0) is 15.9 Å². The average Bonchev–Trinajstić information content (AvgIpc) is 3.27. The highest BCUT2D eigenvalue weighted by molar-refractivity contribution is 9.10. The third-order valence-electron chi connectivity index (χ3n) is 3.55. The average molecular weight is 421 g/mol. The van der Waals surface area contributed by atoms with Crippen LogP contribution in [0.2, 0.25) is 0 Å². The van der Waals surface area contributed by atoms with E-state index in [-0.39, 0.29) is 24.1 Å². The van der Waals surface area contributed by atoms with Crippen LogP contribution >= 0.6 is 15.9 Å². The summed E-state index contributed by atoms with van der Waals surface area (Å²) >= 11 is 3.27. The van der Waals surface area contributed by atoms with E-state index in [1.54, 1.807) is 37.4 Å². The molecular formula is C15H17BrN8O2. The molecule has 0 aliphatic rings. The lowest BCUT2D eigenvalue weighted by atomic mass is 10.3. The number of nitrogens with zero attached hydrogens (tertiary/aromatic N) is 6. The summed E-state index contributed by atoms with van der Waals surface area (Å²) in [6.07, 6.45) is 8.21. The van der Waals surface area contributed by atoms with Gasteiger partial charge in [0.1, 0.15) is 12.2 Å². The second-order valence-electron chi connectivity index (χ2n) is 5.64. The molecule has 0 saturated carbocycles. The van der Waals surface area contributed by atoms with E-state index in [0.29, 0.717) is 12.2 Å². The fourth-order valence-electron chi connectivity index (χ4n) is 2.39. The number of nitrogens with one attached hydrogen (secondary N) is 2. The smallest absolute Gasteiger partial charge is 0.271 e. The number of hydrogen-bond acceptors (Lipinski definition) is 5. The molecule has 0 aliphatic heterocycles. The molecule has 0 fully saturated rings. The van der Waals surface area contributed by atoms with Gasteiger partial charge in [-0.25, -0.2) is 0 Å². The summed E-state index contributed by atoms with van der Waals surface area (Å²) in [5, 5.41) is 17.6. The molecule has 0 spiro atoms. The van der Waals surface area contributed by atoms with Gasteiger partial charge in [0.05, 0.1) is 28.8 Å². The van der Waals surface area contributed by atoms with Crippen LogP contribution in [0.4, 0.5) is 5.69 Å². The number of aryl methyl sites for hydroxylation is 2. The summed E-state index contributed by atoms with van der Waals surface area (Å²) in [7, 11) is 3.44. The van der Waals surface area contributed by atoms with Gasteiger partial charge in [0.15, 0.2) is 0 Å². The van der Waals surface area contributed by atoms with Gasteiger partial charge in [-0.15, -0.1) is 0 Å². The zero-order chi connectivity index (χ0) is 18.7. The summed E-state index contributed by atoms with van der Waals surface area (Å²) in [6, 6.07) is 0. The molecule has 3 aromatic rings. The molecule has 2 N–H and O–H groups in total. The normalized spacial score (nSPS) is 10.7. The molecule has 0 unspecified atom stereocenters. The van der Waals surface area contributed by atoms with Crippen LogP contribution < -0.4 is 10.6 Å². The first-order valence-corrected chi connectivity index (χ1v) is 8.47. The molecule has 0 saturated heterocycles. The van der Waals surface area contributed by atoms with E-state index in [9.17, 15) is 9.59 Å². The molecule has 0 aliphatic carbocycles. The molecule has 136 valence electrons. The number of aromatic nitrogens is 6. The number of carbonyl (C=O) groups excluding carboxylic acids is 2. The molecule has 0 bridgehead atoms. The van der Waals surface area contributed by atoms with Crippen molar-refractivity contribution in [3.63, 3.8) is 0 Å². The van der Waals surface area contributed by atoms with Crippen LogP contribution in [0.15, 0.2) is 35.5 Å². The first kappa shape index (κ1) is 17.9. The topological polar surface area (TPSA) is 112 Å². The minimum Gasteiger partial charge on any atom is -0.346 e. The highest BCUT2D eigenvalue weighted by Gasteiger charge is 2.19. The lowest BCUT2D eigenvalue weighted by Crippen LogP contribution is -2.27. The van der Waals surface area contributed by atoms with Crippen LogP contribution in [0, 0.1) is 0 Å². The Balaban J connectivity index is 1.65. The fraction of sp³-hybridized carbons (Fsp3) is 0.267. The van der Waals surface area contributed by atoms with E-state index < -0.39 is 0 Å². The van der Waals surface area contributed by atoms with Crippen molar-refractivity contribution in [3.8, 4) is 0 Å². The predicted molar refractivity (Wildman–Crippen MR) is 96.1 cm³/mol. The summed E-state index contributed by atoms with van der Waals surface area (Å²) in [5.74, 6) is -0.652. The lowest BCUT2D eigenvalue weighted by Gasteiger charge is -2.08. The Hall–Kier alpha value is -2.95. The molecule has 3 aromatic heterocycles. The maximum atomic E-state index is 12.5. The fourth-order valence-corrected chi connectivity index (χ4v) is 2.72. The Labute approximate surface area is 157 Å². The zero-order valence-electron chi connectivity index (χ0n) is 14.2. The van der Waals surface area contributed by atoms with Crippen LogP contribution in [0.1, 0.15) is 16.1 Å². The van der Waals surface area contributed by atoms with E-state index in [0.717, 1.165) is 10.0 Å². The number of carbonyl (C=O) groups is 2. The minimum atomic E-state index is -0.342. The standard InChI is InChI=1S/C15H17BrN8O2/c1-22-7-10(4-18-22)3-17-15(26)14-12(6-19-23(14)2)21-13(25)9-24-8-11(16)5-20-24/h4-8H,3,9H2,1-2H3,(H,17,26)(H,21,25). The number of halogens is 1. The summed E-state index contributed by atoms with van der Waals surface area (Å²) in [6.45, 7) is 0.351. The van der Waals surface area contributed by atoms with Crippen molar-refractivity contribution < 1.29 is 9.59 Å². The van der Waals surface area contributed by atoms with Crippen LogP contribution in [-0.2, 0) is 32.0 Å². The van der Waals surface area contributed by atoms with Crippen molar-refractivity contribution in [2.24, 2.45) is 14.1 Å². The summed E-state index contributed by atoms with van der Waals surface area (Å²) in [4.78, 5) is 24.7. The summed E-state index contributed by atoms with van der Waals surface area (Å²) < 4.78 is 5.34. The van der Waals surface area contributed by atoms with E-state index in [1.807, 2.05) is 6.20 Å². The molecule has 0 radical (unpaired) electrons. The summed E-state index contributed by atoms with van der Waals surface area (Å²) in [5.41, 5.74) is 1.48. The highest BCUT2D eigenvalue weighted by atomic mass is 79.9. The van der Waals surface area contributed by atoms with Gasteiger partial charge in [0, 0.05) is 38.6 Å². The molecule has 3 heterocycles. The third-order valence-corrected chi connectivity index (χ3v) is 3.96. The number of anilines is 1. The predicted octanol–water partition coefficient (Wildman–Crippen LogP) is 0.681. The Morgan fingerprint density at radius 3 is 2.58 bits per heavy atom. The van der Waals surface area contributed by atoms with Crippen LogP contribution in [0.3, 0.4) is 0 Å². The quantitative estimate of drug-likeness (QED) is 0.608. The maximum Gasteiger partial charge on any atom is 0.271 e. The van der Waals surface area contributed by atoms with Crippen molar-refractivity contribution >= 4 is 33.4 Å². The number of amides is 2. The van der Waals surface area contributed by atoms with Crippen LogP contribution in [-0.4, -0.2) is 41.2 Å². The Morgan fingerprint density at radius 1 is 1.12 bits per heavy atom. The van der Waals surface area contributed by atoms with Gasteiger partial charge < -0.3 is 10.6 Å². The van der Waals surface area contributed by atoms with Crippen molar-refractivity contribution in [2.75, 3.05) is 5.32 Å². The first-order chi connectivity index (χ1) is 12.4. The van der Waals surface area contributed by atoms with Gasteiger partial charge in [-0.3, -0.25) is 23.6 Å². The second-order valence-corrected chi connectivity index (χ2v) is 6.56. The van der Waals surface area contributed by atoms with Gasteiger partial charge in [-0.1, -0.05) is 0 Å². The molecule has 3 rings (SSSR count). The first-order valence-electron chi connectivity index (χ1n) is 7.68. The van der Waals surface area contributed by atoms with Gasteiger partial charge in [0.2, 0.25) is 5.91 Å². The third kappa shape index (κ3) is 4.17. The van der Waals surface area contributed by atoms with E-state index in [1.165, 1.54) is 15.6 Å². The largest absolute Gasteiger partial charge is 0.346 e. The van der Waals surface area contributed by atoms with E-state index in [4.69, 9.17) is 0 Å². The second kappa shape index (κ2) is 7.52. The van der Waals surface area contributed by atoms with Crippen molar-refractivity contribution in [2.45, 2.75) is 13.1 Å². The molecule has 0 aromatic carbocycles. The van der Waals surface area contributed by atoms with Gasteiger partial charge in [0.25, 0.3) is 5.91 Å².